The fraction of sp³-hybridized carbons (Fsp3) is 0.714. The molecule has 0 bridgehead atoms. The van der Waals surface area contributed by atoms with Gasteiger partial charge in [-0.3, -0.25) is 0 Å². The lowest BCUT2D eigenvalue weighted by atomic mass is 9.89. The van der Waals surface area contributed by atoms with E-state index in [9.17, 15) is 0 Å². The van der Waals surface area contributed by atoms with Gasteiger partial charge in [0.2, 0.25) is 0 Å². The van der Waals surface area contributed by atoms with Gasteiger partial charge >= 0.3 is 0 Å². The Balaban J connectivity index is 3.14. The molecular formula is C21H39N3. The van der Waals surface area contributed by atoms with Crippen molar-refractivity contribution in [2.45, 2.75) is 97.8 Å². The molecule has 1 aromatic rings. The molecule has 0 saturated heterocycles. The lowest BCUT2D eigenvalue weighted by Gasteiger charge is -2.21. The van der Waals surface area contributed by atoms with Gasteiger partial charge in [-0.15, -0.1) is 0 Å². The molecule has 1 rings (SSSR count). The first-order valence-electron chi connectivity index (χ1n) is 10.0. The second-order valence-electron chi connectivity index (χ2n) is 7.05. The van der Waals surface area contributed by atoms with Gasteiger partial charge in [-0.25, -0.2) is 0 Å². The van der Waals surface area contributed by atoms with E-state index in [1.165, 1.54) is 38.5 Å². The van der Waals surface area contributed by atoms with Gasteiger partial charge in [-0.05, 0) is 55.2 Å². The van der Waals surface area contributed by atoms with Gasteiger partial charge in [-0.2, -0.15) is 0 Å². The van der Waals surface area contributed by atoms with Crippen molar-refractivity contribution in [1.82, 2.24) is 0 Å². The molecule has 6 N–H and O–H groups in total. The van der Waals surface area contributed by atoms with Crippen molar-refractivity contribution in [1.29, 1.82) is 0 Å². The quantitative estimate of drug-likeness (QED) is 0.342. The van der Waals surface area contributed by atoms with Crippen molar-refractivity contribution in [3.05, 3.63) is 16.7 Å². The zero-order valence-corrected chi connectivity index (χ0v) is 16.2. The third kappa shape index (κ3) is 5.61. The van der Waals surface area contributed by atoms with Crippen molar-refractivity contribution in [3.8, 4) is 0 Å². The minimum absolute atomic E-state index is 0.872. The molecule has 3 nitrogen and oxygen atoms in total. The smallest absolute Gasteiger partial charge is 0.0420 e. The highest BCUT2D eigenvalue weighted by Gasteiger charge is 2.18. The number of anilines is 3. The second kappa shape index (κ2) is 11.2. The molecule has 24 heavy (non-hydrogen) atoms. The molecule has 0 saturated carbocycles. The van der Waals surface area contributed by atoms with Crippen molar-refractivity contribution >= 4 is 17.1 Å². The van der Waals surface area contributed by atoms with E-state index in [0.717, 1.165) is 72.3 Å². The van der Waals surface area contributed by atoms with Crippen LogP contribution in [0.5, 0.6) is 0 Å². The van der Waals surface area contributed by atoms with Crippen LogP contribution in [-0.4, -0.2) is 0 Å². The number of nitrogens with two attached hydrogens (primary N) is 3. The van der Waals surface area contributed by atoms with E-state index in [1.54, 1.807) is 0 Å². The largest absolute Gasteiger partial charge is 0.398 e. The topological polar surface area (TPSA) is 78.1 Å². The van der Waals surface area contributed by atoms with E-state index in [-0.39, 0.29) is 0 Å². The fourth-order valence-corrected chi connectivity index (χ4v) is 3.45. The molecule has 0 unspecified atom stereocenters. The van der Waals surface area contributed by atoms with Crippen LogP contribution in [0.1, 0.15) is 95.2 Å². The minimum Gasteiger partial charge on any atom is -0.398 e. The highest BCUT2D eigenvalue weighted by molar-refractivity contribution is 5.79. The van der Waals surface area contributed by atoms with Crippen LogP contribution < -0.4 is 17.2 Å². The molecule has 0 aliphatic carbocycles. The van der Waals surface area contributed by atoms with Crippen molar-refractivity contribution < 1.29 is 0 Å². The molecule has 0 aromatic heterocycles. The van der Waals surface area contributed by atoms with Gasteiger partial charge in [0.1, 0.15) is 0 Å². The molecule has 0 heterocycles. The summed E-state index contributed by atoms with van der Waals surface area (Å²) in [4.78, 5) is 0. The summed E-state index contributed by atoms with van der Waals surface area (Å²) in [5, 5.41) is 0. The number of unbranched alkanes of at least 4 members (excludes halogenated alkanes) is 6. The summed E-state index contributed by atoms with van der Waals surface area (Å²) >= 11 is 0. The lowest BCUT2D eigenvalue weighted by molar-refractivity contribution is 0.704. The standard InChI is InChI=1S/C21H39N3/c1-4-7-10-13-16-19(22)17(14-11-8-5-2)21(24)18(20(16)23)15-12-9-6-3/h4-15,22-24H2,1-3H3. The number of hydrogen-bond acceptors (Lipinski definition) is 3. The summed E-state index contributed by atoms with van der Waals surface area (Å²) in [7, 11) is 0. The molecule has 3 heteroatoms. The van der Waals surface area contributed by atoms with E-state index >= 15 is 0 Å². The average Bonchev–Trinajstić information content (AvgIpc) is 2.57. The Kier molecular flexibility index (Phi) is 9.66. The summed E-state index contributed by atoms with van der Waals surface area (Å²) in [5.41, 5.74) is 25.6. The summed E-state index contributed by atoms with van der Waals surface area (Å²) in [5.74, 6) is 0. The Morgan fingerprint density at radius 3 is 0.917 bits per heavy atom. The van der Waals surface area contributed by atoms with Gasteiger partial charge < -0.3 is 17.2 Å². The lowest BCUT2D eigenvalue weighted by Crippen LogP contribution is -2.13. The maximum absolute atomic E-state index is 6.51. The van der Waals surface area contributed by atoms with Gasteiger partial charge in [0, 0.05) is 17.1 Å². The second-order valence-corrected chi connectivity index (χ2v) is 7.05. The average molecular weight is 334 g/mol. The molecule has 0 atom stereocenters. The maximum Gasteiger partial charge on any atom is 0.0420 e. The molecule has 1 aromatic carbocycles. The summed E-state index contributed by atoms with van der Waals surface area (Å²) in [6, 6.07) is 0. The first-order valence-corrected chi connectivity index (χ1v) is 10.0. The summed E-state index contributed by atoms with van der Waals surface area (Å²) in [6.45, 7) is 6.67. The molecule has 0 amide bonds. The predicted molar refractivity (Wildman–Crippen MR) is 109 cm³/mol. The van der Waals surface area contributed by atoms with Crippen LogP contribution in [0, 0.1) is 0 Å². The van der Waals surface area contributed by atoms with Crippen LogP contribution >= 0.6 is 0 Å². The van der Waals surface area contributed by atoms with Crippen LogP contribution in [0.15, 0.2) is 0 Å². The third-order valence-corrected chi connectivity index (χ3v) is 5.04. The van der Waals surface area contributed by atoms with Crippen LogP contribution in [0.3, 0.4) is 0 Å². The summed E-state index contributed by atoms with van der Waals surface area (Å²) < 4.78 is 0. The van der Waals surface area contributed by atoms with E-state index < -0.39 is 0 Å². The van der Waals surface area contributed by atoms with Gasteiger partial charge in [-0.1, -0.05) is 59.3 Å². The zero-order valence-electron chi connectivity index (χ0n) is 16.2. The highest BCUT2D eigenvalue weighted by Crippen LogP contribution is 2.37. The van der Waals surface area contributed by atoms with Crippen molar-refractivity contribution in [2.24, 2.45) is 0 Å². The number of rotatable bonds is 12. The Morgan fingerprint density at radius 1 is 0.458 bits per heavy atom. The summed E-state index contributed by atoms with van der Waals surface area (Å²) in [6.07, 6.45) is 13.7. The molecule has 0 fully saturated rings. The molecule has 138 valence electrons. The van der Waals surface area contributed by atoms with E-state index in [1.807, 2.05) is 0 Å². The molecule has 0 aliphatic heterocycles. The zero-order chi connectivity index (χ0) is 17.9. The normalized spacial score (nSPS) is 11.1. The van der Waals surface area contributed by atoms with Crippen molar-refractivity contribution in [2.75, 3.05) is 17.2 Å². The van der Waals surface area contributed by atoms with Gasteiger partial charge in [0.15, 0.2) is 0 Å². The van der Waals surface area contributed by atoms with E-state index in [4.69, 9.17) is 17.2 Å². The molecule has 0 spiro atoms. The first kappa shape index (κ1) is 20.7. The maximum atomic E-state index is 6.51. The first-order chi connectivity index (χ1) is 11.6. The molecular weight excluding hydrogens is 294 g/mol. The Hall–Kier alpha value is -1.38. The van der Waals surface area contributed by atoms with Gasteiger partial charge in [0.05, 0.1) is 0 Å². The fourth-order valence-electron chi connectivity index (χ4n) is 3.45. The van der Waals surface area contributed by atoms with Crippen LogP contribution in [0.4, 0.5) is 17.1 Å². The SMILES string of the molecule is CCCCCc1c(N)c(CCCCC)c(N)c(CCCCC)c1N. The monoisotopic (exact) mass is 333 g/mol. The minimum atomic E-state index is 0.872. The number of hydrogen-bond donors (Lipinski definition) is 3. The van der Waals surface area contributed by atoms with Crippen LogP contribution in [0.25, 0.3) is 0 Å². The molecule has 0 radical (unpaired) electrons. The Labute approximate surface area is 149 Å². The van der Waals surface area contributed by atoms with E-state index in [0.29, 0.717) is 0 Å². The predicted octanol–water partition coefficient (Wildman–Crippen LogP) is 5.63. The number of nitrogen functional groups attached to an aromatic ring is 3. The highest BCUT2D eigenvalue weighted by atomic mass is 14.7. The van der Waals surface area contributed by atoms with E-state index in [2.05, 4.69) is 20.8 Å². The number of benzene rings is 1. The molecule has 0 aliphatic rings. The Morgan fingerprint density at radius 2 is 0.708 bits per heavy atom. The van der Waals surface area contributed by atoms with Crippen LogP contribution in [0.2, 0.25) is 0 Å². The third-order valence-electron chi connectivity index (χ3n) is 5.04. The van der Waals surface area contributed by atoms with Gasteiger partial charge in [0.25, 0.3) is 0 Å². The Bertz CT molecular complexity index is 402. The van der Waals surface area contributed by atoms with Crippen LogP contribution in [-0.2, 0) is 19.3 Å². The van der Waals surface area contributed by atoms with Crippen molar-refractivity contribution in [3.63, 3.8) is 0 Å².